The fourth-order valence-electron chi connectivity index (χ4n) is 4.87. The highest BCUT2D eigenvalue weighted by Gasteiger charge is 2.36. The maximum Gasteiger partial charge on any atom is 0.250 e. The van der Waals surface area contributed by atoms with Crippen molar-refractivity contribution in [2.24, 2.45) is 5.92 Å². The van der Waals surface area contributed by atoms with Crippen LogP contribution in [0.2, 0.25) is 0 Å². The Balaban J connectivity index is 1.25. The molecule has 2 aromatic heterocycles. The molecule has 5 heterocycles. The molecule has 1 fully saturated rings. The molecule has 3 aliphatic rings. The molecule has 5 rings (SSSR count). The highest BCUT2D eigenvalue weighted by molar-refractivity contribution is 5.76. The second kappa shape index (κ2) is 6.64. The topological polar surface area (TPSA) is 72.2 Å². The van der Waals surface area contributed by atoms with E-state index in [1.54, 1.807) is 6.07 Å². The first-order valence-electron chi connectivity index (χ1n) is 9.91. The summed E-state index contributed by atoms with van der Waals surface area (Å²) < 4.78 is 3.96. The van der Waals surface area contributed by atoms with Crippen LogP contribution in [0.15, 0.2) is 29.1 Å². The Morgan fingerprint density at radius 1 is 1.26 bits per heavy atom. The van der Waals surface area contributed by atoms with Gasteiger partial charge in [0.05, 0.1) is 17.9 Å². The molecule has 0 saturated carbocycles. The molecule has 1 N–H and O–H groups in total. The summed E-state index contributed by atoms with van der Waals surface area (Å²) in [6.45, 7) is 4.93. The molecule has 7 heteroatoms. The van der Waals surface area contributed by atoms with E-state index in [1.807, 2.05) is 21.6 Å². The third kappa shape index (κ3) is 3.10. The Bertz CT molecular complexity index is 907. The molecular weight excluding hydrogens is 342 g/mol. The summed E-state index contributed by atoms with van der Waals surface area (Å²) in [7, 11) is 0. The van der Waals surface area contributed by atoms with Crippen LogP contribution in [0.4, 0.5) is 0 Å². The number of carbonyl (C=O) groups is 1. The Morgan fingerprint density at radius 3 is 3.07 bits per heavy atom. The van der Waals surface area contributed by atoms with E-state index in [2.05, 4.69) is 21.2 Å². The van der Waals surface area contributed by atoms with E-state index in [1.165, 1.54) is 5.69 Å². The van der Waals surface area contributed by atoms with Crippen molar-refractivity contribution in [3.63, 3.8) is 0 Å². The zero-order valence-electron chi connectivity index (χ0n) is 15.4. The van der Waals surface area contributed by atoms with E-state index in [0.29, 0.717) is 18.8 Å². The van der Waals surface area contributed by atoms with Crippen molar-refractivity contribution in [1.29, 1.82) is 0 Å². The lowest BCUT2D eigenvalue weighted by Gasteiger charge is -2.42. The molecule has 142 valence electrons. The van der Waals surface area contributed by atoms with Gasteiger partial charge >= 0.3 is 0 Å². The largest absolute Gasteiger partial charge is 0.342 e. The number of likely N-dealkylation sites (tertiary alicyclic amines) is 1. The van der Waals surface area contributed by atoms with E-state index < -0.39 is 0 Å². The Morgan fingerprint density at radius 2 is 2.19 bits per heavy atom. The molecule has 0 aliphatic carbocycles. The van der Waals surface area contributed by atoms with Gasteiger partial charge < -0.3 is 14.8 Å². The van der Waals surface area contributed by atoms with Gasteiger partial charge in [0, 0.05) is 63.2 Å². The quantitative estimate of drug-likeness (QED) is 0.868. The van der Waals surface area contributed by atoms with Crippen LogP contribution in [0.25, 0.3) is 0 Å². The highest BCUT2D eigenvalue weighted by atomic mass is 16.2. The maximum absolute atomic E-state index is 12.8. The van der Waals surface area contributed by atoms with Crippen LogP contribution in [0.5, 0.6) is 0 Å². The number of fused-ring (bicyclic) bond motifs is 5. The molecule has 1 saturated heterocycles. The third-order valence-electron chi connectivity index (χ3n) is 6.15. The van der Waals surface area contributed by atoms with Gasteiger partial charge in [-0.15, -0.1) is 0 Å². The predicted molar refractivity (Wildman–Crippen MR) is 100 cm³/mol. The van der Waals surface area contributed by atoms with Crippen LogP contribution in [0, 0.1) is 5.92 Å². The highest BCUT2D eigenvalue weighted by Crippen LogP contribution is 2.35. The van der Waals surface area contributed by atoms with Crippen molar-refractivity contribution in [3.05, 3.63) is 51.7 Å². The van der Waals surface area contributed by atoms with Crippen molar-refractivity contribution < 1.29 is 4.79 Å². The SMILES string of the molecule is O=C(CCc1cc2n(n1)CCNC2)N1C[C@H]2C[C@@H](C1)c1cccc(=O)n1C2. The lowest BCUT2D eigenvalue weighted by Crippen LogP contribution is -2.49. The summed E-state index contributed by atoms with van der Waals surface area (Å²) in [6.07, 6.45) is 2.28. The fraction of sp³-hybridized carbons (Fsp3) is 0.550. The molecule has 0 spiro atoms. The van der Waals surface area contributed by atoms with Gasteiger partial charge in [-0.25, -0.2) is 0 Å². The van der Waals surface area contributed by atoms with Gasteiger partial charge in [0.1, 0.15) is 0 Å². The van der Waals surface area contributed by atoms with Crippen molar-refractivity contribution >= 4 is 5.91 Å². The Labute approximate surface area is 158 Å². The number of hydrogen-bond donors (Lipinski definition) is 1. The van der Waals surface area contributed by atoms with Gasteiger partial charge in [-0.2, -0.15) is 5.10 Å². The summed E-state index contributed by atoms with van der Waals surface area (Å²) in [4.78, 5) is 27.0. The standard InChI is InChI=1S/C20H25N5O2/c26-19(5-4-16-9-17-10-21-6-7-25(17)22-16)23-11-14-8-15(13-23)18-2-1-3-20(27)24(18)12-14/h1-3,9,14-15,21H,4-8,10-13H2/t14-,15+/m1/s1. The zero-order valence-corrected chi connectivity index (χ0v) is 15.4. The first kappa shape index (κ1) is 16.7. The van der Waals surface area contributed by atoms with Crippen LogP contribution in [-0.2, 0) is 30.8 Å². The molecule has 7 nitrogen and oxygen atoms in total. The number of aromatic nitrogens is 3. The minimum absolute atomic E-state index is 0.0835. The van der Waals surface area contributed by atoms with Gasteiger partial charge in [0.2, 0.25) is 5.91 Å². The molecule has 1 amide bonds. The summed E-state index contributed by atoms with van der Waals surface area (Å²) in [5.74, 6) is 0.869. The molecule has 2 aromatic rings. The maximum atomic E-state index is 12.8. The van der Waals surface area contributed by atoms with Gasteiger partial charge in [0.25, 0.3) is 5.56 Å². The van der Waals surface area contributed by atoms with Crippen molar-refractivity contribution in [2.75, 3.05) is 19.6 Å². The molecular formula is C20H25N5O2. The number of nitrogens with one attached hydrogen (secondary N) is 1. The number of aryl methyl sites for hydroxylation is 1. The number of amides is 1. The van der Waals surface area contributed by atoms with Crippen molar-refractivity contribution in [3.8, 4) is 0 Å². The second-order valence-corrected chi connectivity index (χ2v) is 8.02. The molecule has 3 aliphatic heterocycles. The molecule has 2 atom stereocenters. The van der Waals surface area contributed by atoms with Gasteiger partial charge in [0.15, 0.2) is 0 Å². The number of pyridine rings is 1. The summed E-state index contributed by atoms with van der Waals surface area (Å²) in [5, 5.41) is 7.98. The minimum atomic E-state index is 0.0835. The molecule has 0 radical (unpaired) electrons. The minimum Gasteiger partial charge on any atom is -0.342 e. The summed E-state index contributed by atoms with van der Waals surface area (Å²) in [6, 6.07) is 7.63. The number of hydrogen-bond acceptors (Lipinski definition) is 4. The van der Waals surface area contributed by atoms with Crippen LogP contribution in [0.1, 0.15) is 35.8 Å². The monoisotopic (exact) mass is 367 g/mol. The number of piperidine rings is 1. The van der Waals surface area contributed by atoms with Crippen LogP contribution < -0.4 is 10.9 Å². The number of nitrogens with zero attached hydrogens (tertiary/aromatic N) is 4. The van der Waals surface area contributed by atoms with Gasteiger partial charge in [-0.05, 0) is 24.5 Å². The lowest BCUT2D eigenvalue weighted by atomic mass is 9.83. The molecule has 0 unspecified atom stereocenters. The van der Waals surface area contributed by atoms with E-state index in [4.69, 9.17) is 0 Å². The fourth-order valence-corrected chi connectivity index (χ4v) is 4.87. The molecule has 2 bridgehead atoms. The second-order valence-electron chi connectivity index (χ2n) is 8.02. The van der Waals surface area contributed by atoms with E-state index >= 15 is 0 Å². The average molecular weight is 367 g/mol. The van der Waals surface area contributed by atoms with Gasteiger partial charge in [-0.1, -0.05) is 6.07 Å². The first-order chi connectivity index (χ1) is 13.2. The summed E-state index contributed by atoms with van der Waals surface area (Å²) >= 11 is 0. The smallest absolute Gasteiger partial charge is 0.250 e. The van der Waals surface area contributed by atoms with Crippen molar-refractivity contribution in [1.82, 2.24) is 24.6 Å². The lowest BCUT2D eigenvalue weighted by molar-refractivity contribution is -0.133. The van der Waals surface area contributed by atoms with Crippen LogP contribution in [0.3, 0.4) is 0 Å². The predicted octanol–water partition coefficient (Wildman–Crippen LogP) is 0.726. The van der Waals surface area contributed by atoms with Crippen LogP contribution >= 0.6 is 0 Å². The van der Waals surface area contributed by atoms with Gasteiger partial charge in [-0.3, -0.25) is 14.3 Å². The summed E-state index contributed by atoms with van der Waals surface area (Å²) in [5.41, 5.74) is 3.39. The average Bonchev–Trinajstić information content (AvgIpc) is 3.10. The Hall–Kier alpha value is -2.41. The normalized spacial score (nSPS) is 23.6. The van der Waals surface area contributed by atoms with Crippen LogP contribution in [-0.4, -0.2) is 44.8 Å². The first-order valence-corrected chi connectivity index (χ1v) is 9.91. The number of rotatable bonds is 3. The van der Waals surface area contributed by atoms with E-state index in [0.717, 1.165) is 57.1 Å². The molecule has 0 aromatic carbocycles. The Kier molecular flexibility index (Phi) is 4.11. The molecule has 27 heavy (non-hydrogen) atoms. The van der Waals surface area contributed by atoms with E-state index in [-0.39, 0.29) is 17.4 Å². The van der Waals surface area contributed by atoms with Crippen molar-refractivity contribution in [2.45, 2.75) is 44.8 Å². The third-order valence-corrected chi connectivity index (χ3v) is 6.15. The number of carbonyl (C=O) groups excluding carboxylic acids is 1. The zero-order chi connectivity index (χ0) is 18.4. The van der Waals surface area contributed by atoms with E-state index in [9.17, 15) is 9.59 Å².